The van der Waals surface area contributed by atoms with Crippen molar-refractivity contribution < 1.29 is 4.79 Å². The SMILES string of the molecule is C[C@H](NC(=O)CSc1nnc(C(C)(C)C)n1N)c1ccc(Cl)cc1Cl. The number of hydrogen-bond donors (Lipinski definition) is 2. The number of carbonyl (C=O) groups excluding carboxylic acids is 1. The second-order valence-corrected chi connectivity index (χ2v) is 8.46. The Morgan fingerprint density at radius 3 is 2.60 bits per heavy atom. The lowest BCUT2D eigenvalue weighted by Crippen LogP contribution is -2.29. The maximum Gasteiger partial charge on any atom is 0.230 e. The van der Waals surface area contributed by atoms with E-state index in [2.05, 4.69) is 15.5 Å². The minimum Gasteiger partial charge on any atom is -0.349 e. The van der Waals surface area contributed by atoms with Gasteiger partial charge in [-0.15, -0.1) is 10.2 Å². The molecule has 0 saturated heterocycles. The molecule has 25 heavy (non-hydrogen) atoms. The van der Waals surface area contributed by atoms with Crippen LogP contribution in [0.2, 0.25) is 10.0 Å². The van der Waals surface area contributed by atoms with E-state index in [9.17, 15) is 4.79 Å². The number of nitrogens with one attached hydrogen (secondary N) is 1. The van der Waals surface area contributed by atoms with Crippen molar-refractivity contribution in [1.29, 1.82) is 0 Å². The molecule has 1 aromatic heterocycles. The molecule has 2 aromatic rings. The van der Waals surface area contributed by atoms with Crippen LogP contribution in [0.4, 0.5) is 0 Å². The van der Waals surface area contributed by atoms with E-state index >= 15 is 0 Å². The van der Waals surface area contributed by atoms with Crippen molar-refractivity contribution in [2.45, 2.75) is 44.3 Å². The summed E-state index contributed by atoms with van der Waals surface area (Å²) in [4.78, 5) is 12.2. The van der Waals surface area contributed by atoms with Crippen LogP contribution in [0, 0.1) is 0 Å². The van der Waals surface area contributed by atoms with E-state index in [0.717, 1.165) is 5.56 Å². The lowest BCUT2D eigenvalue weighted by molar-refractivity contribution is -0.119. The molecule has 2 rings (SSSR count). The van der Waals surface area contributed by atoms with Crippen molar-refractivity contribution >= 4 is 40.9 Å². The Bertz CT molecular complexity index is 772. The molecule has 0 aliphatic heterocycles. The summed E-state index contributed by atoms with van der Waals surface area (Å²) >= 11 is 13.3. The van der Waals surface area contributed by atoms with Gasteiger partial charge in [0.05, 0.1) is 11.8 Å². The van der Waals surface area contributed by atoms with Gasteiger partial charge in [-0.2, -0.15) is 0 Å². The molecule has 0 aliphatic rings. The van der Waals surface area contributed by atoms with E-state index in [0.29, 0.717) is 21.0 Å². The molecular weight excluding hydrogens is 381 g/mol. The van der Waals surface area contributed by atoms with Crippen LogP contribution >= 0.6 is 35.0 Å². The van der Waals surface area contributed by atoms with Gasteiger partial charge in [0, 0.05) is 15.5 Å². The maximum absolute atomic E-state index is 12.2. The van der Waals surface area contributed by atoms with Crippen LogP contribution < -0.4 is 11.2 Å². The number of benzene rings is 1. The number of thioether (sulfide) groups is 1. The van der Waals surface area contributed by atoms with Gasteiger partial charge in [-0.05, 0) is 24.6 Å². The quantitative estimate of drug-likeness (QED) is 0.590. The molecule has 0 bridgehead atoms. The first kappa shape index (κ1) is 19.9. The van der Waals surface area contributed by atoms with Gasteiger partial charge in [0.15, 0.2) is 5.82 Å². The predicted octanol–water partition coefficient (Wildman–Crippen LogP) is 3.57. The van der Waals surface area contributed by atoms with Crippen molar-refractivity contribution in [2.75, 3.05) is 11.6 Å². The molecule has 1 amide bonds. The average Bonchev–Trinajstić information content (AvgIpc) is 2.86. The molecule has 0 aliphatic carbocycles. The van der Waals surface area contributed by atoms with E-state index < -0.39 is 0 Å². The maximum atomic E-state index is 12.2. The van der Waals surface area contributed by atoms with Crippen molar-refractivity contribution in [3.8, 4) is 0 Å². The van der Waals surface area contributed by atoms with Gasteiger partial charge in [0.25, 0.3) is 0 Å². The fraction of sp³-hybridized carbons (Fsp3) is 0.438. The lowest BCUT2D eigenvalue weighted by atomic mass is 9.96. The van der Waals surface area contributed by atoms with Crippen molar-refractivity contribution in [2.24, 2.45) is 0 Å². The third kappa shape index (κ3) is 5.03. The Hall–Kier alpha value is -1.44. The van der Waals surface area contributed by atoms with Crippen LogP contribution in [0.15, 0.2) is 23.4 Å². The summed E-state index contributed by atoms with van der Waals surface area (Å²) in [5.41, 5.74) is 0.587. The molecule has 0 radical (unpaired) electrons. The van der Waals surface area contributed by atoms with E-state index in [1.165, 1.54) is 16.4 Å². The minimum absolute atomic E-state index is 0.149. The van der Waals surface area contributed by atoms with Crippen LogP contribution in [-0.2, 0) is 10.2 Å². The van der Waals surface area contributed by atoms with Crippen LogP contribution in [0.3, 0.4) is 0 Å². The number of nitrogens with zero attached hydrogens (tertiary/aromatic N) is 3. The molecular formula is C16H21Cl2N5OS. The van der Waals surface area contributed by atoms with Crippen LogP contribution in [0.5, 0.6) is 0 Å². The van der Waals surface area contributed by atoms with Gasteiger partial charge >= 0.3 is 0 Å². The number of rotatable bonds is 5. The van der Waals surface area contributed by atoms with Crippen molar-refractivity contribution in [1.82, 2.24) is 20.2 Å². The fourth-order valence-corrected chi connectivity index (χ4v) is 3.47. The van der Waals surface area contributed by atoms with Gasteiger partial charge in [-0.3, -0.25) is 4.79 Å². The second kappa shape index (κ2) is 7.85. The van der Waals surface area contributed by atoms with Gasteiger partial charge < -0.3 is 11.2 Å². The predicted molar refractivity (Wildman–Crippen MR) is 103 cm³/mol. The minimum atomic E-state index is -0.237. The monoisotopic (exact) mass is 401 g/mol. The highest BCUT2D eigenvalue weighted by atomic mass is 35.5. The van der Waals surface area contributed by atoms with Crippen molar-refractivity contribution in [3.63, 3.8) is 0 Å². The summed E-state index contributed by atoms with van der Waals surface area (Å²) < 4.78 is 1.43. The Morgan fingerprint density at radius 1 is 1.36 bits per heavy atom. The Kier molecular flexibility index (Phi) is 6.24. The normalized spacial score (nSPS) is 12.9. The molecule has 136 valence electrons. The second-order valence-electron chi connectivity index (χ2n) is 6.67. The Morgan fingerprint density at radius 2 is 2.04 bits per heavy atom. The van der Waals surface area contributed by atoms with E-state index in [4.69, 9.17) is 29.0 Å². The zero-order valence-electron chi connectivity index (χ0n) is 14.5. The van der Waals surface area contributed by atoms with E-state index in [1.807, 2.05) is 27.7 Å². The van der Waals surface area contributed by atoms with Crippen molar-refractivity contribution in [3.05, 3.63) is 39.6 Å². The summed E-state index contributed by atoms with van der Waals surface area (Å²) in [5, 5.41) is 12.6. The summed E-state index contributed by atoms with van der Waals surface area (Å²) in [6, 6.07) is 4.96. The van der Waals surface area contributed by atoms with Gasteiger partial charge in [-0.1, -0.05) is 61.8 Å². The first-order valence-electron chi connectivity index (χ1n) is 7.67. The largest absolute Gasteiger partial charge is 0.349 e. The number of amides is 1. The standard InChI is InChI=1S/C16H21Cl2N5OS/c1-9(11-6-5-10(17)7-12(11)18)20-13(24)8-25-15-22-21-14(23(15)19)16(2,3)4/h5-7,9H,8,19H2,1-4H3,(H,20,24)/t9-/m0/s1. The molecule has 9 heteroatoms. The zero-order chi connectivity index (χ0) is 18.8. The van der Waals surface area contributed by atoms with E-state index in [1.54, 1.807) is 18.2 Å². The number of halogens is 2. The smallest absolute Gasteiger partial charge is 0.230 e. The summed E-state index contributed by atoms with van der Waals surface area (Å²) in [6.07, 6.45) is 0. The summed E-state index contributed by atoms with van der Waals surface area (Å²) in [6.45, 7) is 7.86. The first-order valence-corrected chi connectivity index (χ1v) is 9.42. The molecule has 6 nitrogen and oxygen atoms in total. The van der Waals surface area contributed by atoms with Crippen LogP contribution in [0.1, 0.15) is 45.1 Å². The number of hydrogen-bond acceptors (Lipinski definition) is 5. The fourth-order valence-electron chi connectivity index (χ4n) is 2.23. The molecule has 0 unspecified atom stereocenters. The highest BCUT2D eigenvalue weighted by molar-refractivity contribution is 7.99. The lowest BCUT2D eigenvalue weighted by Gasteiger charge is -2.17. The molecule has 1 heterocycles. The summed E-state index contributed by atoms with van der Waals surface area (Å²) in [7, 11) is 0. The average molecular weight is 402 g/mol. The van der Waals surface area contributed by atoms with Gasteiger partial charge in [-0.25, -0.2) is 4.68 Å². The topological polar surface area (TPSA) is 85.8 Å². The molecule has 1 atom stereocenters. The molecule has 1 aromatic carbocycles. The van der Waals surface area contributed by atoms with Crippen LogP contribution in [0.25, 0.3) is 0 Å². The van der Waals surface area contributed by atoms with Gasteiger partial charge in [0.1, 0.15) is 0 Å². The van der Waals surface area contributed by atoms with Gasteiger partial charge in [0.2, 0.25) is 11.1 Å². The summed E-state index contributed by atoms with van der Waals surface area (Å²) in [5.74, 6) is 6.70. The highest BCUT2D eigenvalue weighted by Crippen LogP contribution is 2.26. The molecule has 3 N–H and O–H groups in total. The van der Waals surface area contributed by atoms with Crippen LogP contribution in [-0.4, -0.2) is 26.5 Å². The third-order valence-corrected chi connectivity index (χ3v) is 4.98. The molecule has 0 spiro atoms. The number of aromatic nitrogens is 3. The Balaban J connectivity index is 1.96. The number of nitrogen functional groups attached to an aromatic ring is 1. The highest BCUT2D eigenvalue weighted by Gasteiger charge is 2.23. The number of nitrogens with two attached hydrogens (primary N) is 1. The number of carbonyl (C=O) groups is 1. The van der Waals surface area contributed by atoms with E-state index in [-0.39, 0.29) is 23.1 Å². The zero-order valence-corrected chi connectivity index (χ0v) is 16.8. The first-order chi connectivity index (χ1) is 11.6. The molecule has 0 fully saturated rings. The Labute approximate surface area is 161 Å². The molecule has 0 saturated carbocycles. The third-order valence-electron chi connectivity index (χ3n) is 3.47.